The number of carbonyl (C=O) groups excluding carboxylic acids is 1. The van der Waals surface area contributed by atoms with E-state index < -0.39 is 5.41 Å². The summed E-state index contributed by atoms with van der Waals surface area (Å²) in [4.78, 5) is 14.4. The van der Waals surface area contributed by atoms with E-state index in [0.717, 1.165) is 13.1 Å². The lowest BCUT2D eigenvalue weighted by Crippen LogP contribution is -2.54. The molecule has 0 aromatic rings. The van der Waals surface area contributed by atoms with Crippen molar-refractivity contribution in [2.75, 3.05) is 26.7 Å². The van der Waals surface area contributed by atoms with Crippen LogP contribution in [0.1, 0.15) is 26.7 Å². The maximum Gasteiger partial charge on any atom is 0.228 e. The van der Waals surface area contributed by atoms with E-state index in [9.17, 15) is 9.90 Å². The van der Waals surface area contributed by atoms with Crippen molar-refractivity contribution in [3.05, 3.63) is 0 Å². The van der Waals surface area contributed by atoms with Gasteiger partial charge in [-0.15, -0.1) is 0 Å². The zero-order valence-electron chi connectivity index (χ0n) is 11.1. The molecule has 1 aliphatic heterocycles. The predicted octanol–water partition coefficient (Wildman–Crippen LogP) is 0.461. The number of fused-ring (bicyclic) bond motifs is 2. The number of aliphatic hydroxyl groups is 1. The van der Waals surface area contributed by atoms with Crippen LogP contribution in [0.5, 0.6) is 0 Å². The van der Waals surface area contributed by atoms with Gasteiger partial charge in [-0.25, -0.2) is 0 Å². The van der Waals surface area contributed by atoms with Gasteiger partial charge in [-0.3, -0.25) is 4.79 Å². The van der Waals surface area contributed by atoms with Crippen LogP contribution >= 0.6 is 0 Å². The Hall–Kier alpha value is -0.610. The van der Waals surface area contributed by atoms with Gasteiger partial charge in [0.15, 0.2) is 0 Å². The Balaban J connectivity index is 1.99. The summed E-state index contributed by atoms with van der Waals surface area (Å²) in [7, 11) is 2.15. The summed E-state index contributed by atoms with van der Waals surface area (Å²) in [6, 6.07) is 0.324. The summed E-state index contributed by atoms with van der Waals surface area (Å²) in [5, 5.41) is 12.4. The number of carbonyl (C=O) groups is 1. The van der Waals surface area contributed by atoms with E-state index in [2.05, 4.69) is 17.3 Å². The number of nitrogens with one attached hydrogen (secondary N) is 1. The van der Waals surface area contributed by atoms with Crippen molar-refractivity contribution in [3.63, 3.8) is 0 Å². The molecule has 1 unspecified atom stereocenters. The minimum atomic E-state index is -0.664. The minimum Gasteiger partial charge on any atom is -0.395 e. The number of likely N-dealkylation sites (tertiary alicyclic amines) is 1. The second kappa shape index (κ2) is 4.58. The minimum absolute atomic E-state index is 0.00791. The molecule has 0 aromatic heterocycles. The zero-order valence-corrected chi connectivity index (χ0v) is 11.1. The SMILES string of the molecule is CN1C[C@H]2CC[C@@H](C1)C2NC(=O)C(C)(C)CO. The molecule has 0 spiro atoms. The molecular formula is C13H24N2O2. The van der Waals surface area contributed by atoms with Crippen LogP contribution < -0.4 is 5.32 Å². The Morgan fingerprint density at radius 2 is 1.88 bits per heavy atom. The number of amides is 1. The molecule has 0 radical (unpaired) electrons. The third-order valence-electron chi connectivity index (χ3n) is 4.32. The third-order valence-corrected chi connectivity index (χ3v) is 4.32. The van der Waals surface area contributed by atoms with Crippen molar-refractivity contribution in [2.45, 2.75) is 32.7 Å². The largest absolute Gasteiger partial charge is 0.395 e. The van der Waals surface area contributed by atoms with Crippen molar-refractivity contribution >= 4 is 5.91 Å². The van der Waals surface area contributed by atoms with E-state index in [1.165, 1.54) is 12.8 Å². The molecule has 4 nitrogen and oxygen atoms in total. The first kappa shape index (κ1) is 12.8. The maximum absolute atomic E-state index is 12.1. The van der Waals surface area contributed by atoms with Crippen LogP contribution in [0, 0.1) is 17.3 Å². The van der Waals surface area contributed by atoms with Gasteiger partial charge < -0.3 is 15.3 Å². The molecule has 1 amide bonds. The fourth-order valence-corrected chi connectivity index (χ4v) is 3.11. The van der Waals surface area contributed by atoms with Crippen molar-refractivity contribution in [3.8, 4) is 0 Å². The van der Waals surface area contributed by atoms with E-state index in [-0.39, 0.29) is 12.5 Å². The quantitative estimate of drug-likeness (QED) is 0.753. The molecule has 17 heavy (non-hydrogen) atoms. The van der Waals surface area contributed by atoms with Gasteiger partial charge in [0, 0.05) is 19.1 Å². The number of aliphatic hydroxyl groups excluding tert-OH is 1. The molecule has 2 rings (SSSR count). The monoisotopic (exact) mass is 240 g/mol. The van der Waals surface area contributed by atoms with Crippen molar-refractivity contribution in [1.82, 2.24) is 10.2 Å². The van der Waals surface area contributed by atoms with Gasteiger partial charge in [0.1, 0.15) is 0 Å². The average molecular weight is 240 g/mol. The molecular weight excluding hydrogens is 216 g/mol. The van der Waals surface area contributed by atoms with Crippen LogP contribution in [0.25, 0.3) is 0 Å². The van der Waals surface area contributed by atoms with Crippen molar-refractivity contribution < 1.29 is 9.90 Å². The summed E-state index contributed by atoms with van der Waals surface area (Å²) < 4.78 is 0. The first-order valence-electron chi connectivity index (χ1n) is 6.54. The van der Waals surface area contributed by atoms with Gasteiger partial charge in [0.2, 0.25) is 5.91 Å². The third kappa shape index (κ3) is 2.47. The zero-order chi connectivity index (χ0) is 12.6. The van der Waals surface area contributed by atoms with Gasteiger partial charge in [-0.1, -0.05) is 0 Å². The lowest BCUT2D eigenvalue weighted by molar-refractivity contribution is -0.133. The Labute approximate surface area is 103 Å². The summed E-state index contributed by atoms with van der Waals surface area (Å²) in [5.41, 5.74) is -0.664. The fourth-order valence-electron chi connectivity index (χ4n) is 3.11. The Morgan fingerprint density at radius 3 is 2.35 bits per heavy atom. The molecule has 4 heteroatoms. The standard InChI is InChI=1S/C13H24N2O2/c1-13(2,8-16)12(17)14-11-9-4-5-10(11)7-15(3)6-9/h9-11,16H,4-8H2,1-3H3,(H,14,17)/t9-,10+,11?. The molecule has 2 aliphatic rings. The summed E-state index contributed by atoms with van der Waals surface area (Å²) >= 11 is 0. The van der Waals surface area contributed by atoms with E-state index >= 15 is 0 Å². The smallest absolute Gasteiger partial charge is 0.228 e. The Bertz CT molecular complexity index is 290. The van der Waals surface area contributed by atoms with Crippen molar-refractivity contribution in [1.29, 1.82) is 0 Å². The summed E-state index contributed by atoms with van der Waals surface area (Å²) in [6.45, 7) is 5.65. The predicted molar refractivity (Wildman–Crippen MR) is 66.5 cm³/mol. The first-order valence-corrected chi connectivity index (χ1v) is 6.54. The number of hydrogen-bond acceptors (Lipinski definition) is 3. The van der Waals surface area contributed by atoms with E-state index in [1.807, 2.05) is 0 Å². The van der Waals surface area contributed by atoms with E-state index in [0.29, 0.717) is 17.9 Å². The molecule has 0 aromatic carbocycles. The van der Waals surface area contributed by atoms with E-state index in [4.69, 9.17) is 0 Å². The van der Waals surface area contributed by atoms with Gasteiger partial charge in [-0.2, -0.15) is 0 Å². The van der Waals surface area contributed by atoms with Gasteiger partial charge >= 0.3 is 0 Å². The maximum atomic E-state index is 12.1. The highest BCUT2D eigenvalue weighted by Gasteiger charge is 2.43. The molecule has 2 bridgehead atoms. The lowest BCUT2D eigenvalue weighted by atomic mass is 9.89. The van der Waals surface area contributed by atoms with Gasteiger partial charge in [0.05, 0.1) is 12.0 Å². The van der Waals surface area contributed by atoms with Gasteiger partial charge in [0.25, 0.3) is 0 Å². The first-order chi connectivity index (χ1) is 7.94. The van der Waals surface area contributed by atoms with Crippen LogP contribution in [-0.2, 0) is 4.79 Å². The second-order valence-corrected chi connectivity index (χ2v) is 6.36. The Kier molecular flexibility index (Phi) is 3.46. The highest BCUT2D eigenvalue weighted by molar-refractivity contribution is 5.82. The van der Waals surface area contributed by atoms with E-state index in [1.54, 1.807) is 13.8 Å². The number of rotatable bonds is 3. The molecule has 2 fully saturated rings. The average Bonchev–Trinajstić information content (AvgIpc) is 2.51. The highest BCUT2D eigenvalue weighted by atomic mass is 16.3. The molecule has 1 saturated heterocycles. The van der Waals surface area contributed by atoms with Crippen molar-refractivity contribution in [2.24, 2.45) is 17.3 Å². The summed E-state index contributed by atoms with van der Waals surface area (Å²) in [6.07, 6.45) is 2.44. The number of hydrogen-bond donors (Lipinski definition) is 2. The normalized spacial score (nSPS) is 33.8. The van der Waals surface area contributed by atoms with Crippen LogP contribution in [0.4, 0.5) is 0 Å². The van der Waals surface area contributed by atoms with Crippen LogP contribution in [0.15, 0.2) is 0 Å². The topological polar surface area (TPSA) is 52.6 Å². The molecule has 3 atom stereocenters. The second-order valence-electron chi connectivity index (χ2n) is 6.36. The number of nitrogens with zero attached hydrogens (tertiary/aromatic N) is 1. The fraction of sp³-hybridized carbons (Fsp3) is 0.923. The van der Waals surface area contributed by atoms with Crippen LogP contribution in [0.2, 0.25) is 0 Å². The van der Waals surface area contributed by atoms with Crippen LogP contribution in [-0.4, -0.2) is 48.7 Å². The summed E-state index contributed by atoms with van der Waals surface area (Å²) in [5.74, 6) is 1.18. The highest BCUT2D eigenvalue weighted by Crippen LogP contribution is 2.36. The molecule has 2 N–H and O–H groups in total. The Morgan fingerprint density at radius 1 is 1.35 bits per heavy atom. The molecule has 1 saturated carbocycles. The molecule has 1 heterocycles. The lowest BCUT2D eigenvalue weighted by Gasteiger charge is -2.37. The molecule has 1 aliphatic carbocycles. The van der Waals surface area contributed by atoms with Crippen LogP contribution in [0.3, 0.4) is 0 Å². The molecule has 98 valence electrons. The number of piperidine rings is 1. The van der Waals surface area contributed by atoms with Gasteiger partial charge in [-0.05, 0) is 45.6 Å².